The van der Waals surface area contributed by atoms with Crippen molar-refractivity contribution < 1.29 is 54.4 Å². The number of nitrogens with two attached hydrogens (primary N) is 4. The number of nitrogens with one attached hydrogen (secondary N) is 3. The number of ether oxygens (including phenoxy) is 4. The van der Waals surface area contributed by atoms with Crippen LogP contribution in [0.4, 0.5) is 0 Å². The van der Waals surface area contributed by atoms with Crippen LogP contribution < -0.4 is 38.9 Å². The van der Waals surface area contributed by atoms with E-state index in [4.69, 9.17) is 47.0 Å². The lowest BCUT2D eigenvalue weighted by Gasteiger charge is -2.49. The quantitative estimate of drug-likeness (QED) is 0.0643. The van der Waals surface area contributed by atoms with E-state index in [1.165, 1.54) is 6.92 Å². The summed E-state index contributed by atoms with van der Waals surface area (Å²) in [4.78, 5) is 17.0. The van der Waals surface area contributed by atoms with E-state index in [0.29, 0.717) is 12.2 Å². The lowest BCUT2D eigenvalue weighted by molar-refractivity contribution is -0.304. The Hall–Kier alpha value is -2.24. The molecule has 19 nitrogen and oxygen atoms in total. The first-order valence-electron chi connectivity index (χ1n) is 15.3. The van der Waals surface area contributed by atoms with Gasteiger partial charge in [-0.2, -0.15) is 0 Å². The zero-order valence-corrected chi connectivity index (χ0v) is 25.9. The maximum absolute atomic E-state index is 13.2. The van der Waals surface area contributed by atoms with Crippen LogP contribution in [-0.4, -0.2) is 160 Å². The summed E-state index contributed by atoms with van der Waals surface area (Å²) in [5, 5.41) is 71.2. The van der Waals surface area contributed by atoms with E-state index in [2.05, 4.69) is 20.9 Å². The molecule has 0 aromatic carbocycles. The van der Waals surface area contributed by atoms with Crippen molar-refractivity contribution in [3.8, 4) is 0 Å². The van der Waals surface area contributed by atoms with Crippen LogP contribution in [0.15, 0.2) is 16.8 Å². The molecular formula is C27H50N8O11. The predicted molar refractivity (Wildman–Crippen MR) is 160 cm³/mol. The van der Waals surface area contributed by atoms with E-state index in [1.807, 2.05) is 0 Å². The van der Waals surface area contributed by atoms with Gasteiger partial charge in [0.2, 0.25) is 6.29 Å². The fraction of sp³-hybridized carbons (Fsp3) is 0.852. The molecule has 1 amide bonds. The maximum Gasteiger partial charge on any atom is 0.254 e. The summed E-state index contributed by atoms with van der Waals surface area (Å²) in [6, 6.07) is -4.26. The van der Waals surface area contributed by atoms with E-state index in [0.717, 1.165) is 0 Å². The molecular weight excluding hydrogens is 612 g/mol. The maximum atomic E-state index is 13.2. The summed E-state index contributed by atoms with van der Waals surface area (Å²) in [6.07, 6.45) is -6.64. The molecule has 2 saturated carbocycles. The molecule has 2 heterocycles. The fourth-order valence-corrected chi connectivity index (χ4v) is 6.05. The van der Waals surface area contributed by atoms with E-state index in [1.54, 1.807) is 13.1 Å². The lowest BCUT2D eigenvalue weighted by atomic mass is 9.83. The monoisotopic (exact) mass is 662 g/mol. The Labute approximate surface area is 266 Å². The standard InChI is InChI=1S/C27H50N8O11/c1-26(41)10-43-23(18(39)21(26)32-2)46-20-15(34-24(40)27(42)6-16(27)35-25(30)31)5-14(29)19(17(20)38)45-22-13(28)4-3-12(44-22)8-33-7-11(37)9-36/h3,11,13-23,32-33,36-39,41-42H,4-10,28-29H2,1-2H3,(H,34,40)(H4,30,31,35)/t11?,13-,14+,15-,16?,17+,18-,19-,20+,21-,22-,23-,26+,27?/m1/s1. The highest BCUT2D eigenvalue weighted by Gasteiger charge is 2.61. The third-order valence-electron chi connectivity index (χ3n) is 8.78. The number of hydrogen-bond donors (Lipinski definition) is 13. The zero-order chi connectivity index (χ0) is 34.0. The van der Waals surface area contributed by atoms with Crippen molar-refractivity contribution >= 4 is 11.9 Å². The molecule has 0 aromatic heterocycles. The van der Waals surface area contributed by atoms with Crippen molar-refractivity contribution in [3.63, 3.8) is 0 Å². The van der Waals surface area contributed by atoms with Crippen LogP contribution in [0.1, 0.15) is 26.2 Å². The van der Waals surface area contributed by atoms with Crippen LogP contribution >= 0.6 is 0 Å². The van der Waals surface area contributed by atoms with E-state index < -0.39 is 97.0 Å². The highest BCUT2D eigenvalue weighted by molar-refractivity contribution is 5.90. The molecule has 4 aliphatic rings. The topological polar surface area (TPSA) is 328 Å². The summed E-state index contributed by atoms with van der Waals surface area (Å²) in [5.74, 6) is -0.638. The predicted octanol–water partition coefficient (Wildman–Crippen LogP) is -6.93. The minimum Gasteiger partial charge on any atom is -0.467 e. The molecule has 3 unspecified atom stereocenters. The number of nitrogens with zero attached hydrogens (tertiary/aromatic N) is 1. The number of aliphatic hydroxyl groups is 6. The fourth-order valence-electron chi connectivity index (χ4n) is 6.05. The highest BCUT2D eigenvalue weighted by Crippen LogP contribution is 2.40. The third kappa shape index (κ3) is 8.24. The van der Waals surface area contributed by atoms with Gasteiger partial charge in [0.25, 0.3) is 5.91 Å². The average Bonchev–Trinajstić information content (AvgIpc) is 3.64. The Kier molecular flexibility index (Phi) is 11.8. The normalized spacial score (nSPS) is 43.2. The van der Waals surface area contributed by atoms with E-state index >= 15 is 0 Å². The molecule has 3 fully saturated rings. The number of amides is 1. The van der Waals surface area contributed by atoms with Gasteiger partial charge in [0.1, 0.15) is 35.8 Å². The number of rotatable bonds is 13. The minimum atomic E-state index is -1.89. The Balaban J connectivity index is 1.50. The van der Waals surface area contributed by atoms with Crippen molar-refractivity contribution in [1.82, 2.24) is 16.0 Å². The zero-order valence-electron chi connectivity index (χ0n) is 25.9. The van der Waals surface area contributed by atoms with Crippen LogP contribution in [0.25, 0.3) is 0 Å². The molecule has 14 atom stereocenters. The third-order valence-corrected chi connectivity index (χ3v) is 8.78. The Morgan fingerprint density at radius 2 is 1.85 bits per heavy atom. The van der Waals surface area contributed by atoms with Gasteiger partial charge < -0.3 is 88.5 Å². The first-order valence-corrected chi connectivity index (χ1v) is 15.3. The Bertz CT molecular complexity index is 1110. The molecule has 1 saturated heterocycles. The molecule has 264 valence electrons. The van der Waals surface area contributed by atoms with Gasteiger partial charge in [-0.15, -0.1) is 0 Å². The summed E-state index contributed by atoms with van der Waals surface area (Å²) < 4.78 is 23.8. The van der Waals surface area contributed by atoms with Crippen LogP contribution in [-0.2, 0) is 23.7 Å². The van der Waals surface area contributed by atoms with Gasteiger partial charge in [0.05, 0.1) is 50.0 Å². The molecule has 19 heteroatoms. The van der Waals surface area contributed by atoms with E-state index in [-0.39, 0.29) is 38.5 Å². The van der Waals surface area contributed by atoms with Crippen LogP contribution in [0.5, 0.6) is 0 Å². The molecule has 0 bridgehead atoms. The molecule has 0 spiro atoms. The largest absolute Gasteiger partial charge is 0.467 e. The number of aliphatic imine (C=N–C) groups is 1. The average molecular weight is 663 g/mol. The van der Waals surface area contributed by atoms with Gasteiger partial charge in [-0.3, -0.25) is 4.79 Å². The van der Waals surface area contributed by atoms with Gasteiger partial charge in [-0.1, -0.05) is 0 Å². The molecule has 46 heavy (non-hydrogen) atoms. The van der Waals surface area contributed by atoms with Crippen molar-refractivity contribution in [2.75, 3.05) is 33.4 Å². The molecule has 0 radical (unpaired) electrons. The molecule has 17 N–H and O–H groups in total. The molecule has 0 aromatic rings. The number of carbonyl (C=O) groups is 1. The number of hydrogen-bond acceptors (Lipinski definition) is 16. The second-order valence-corrected chi connectivity index (χ2v) is 12.7. The van der Waals surface area contributed by atoms with Crippen LogP contribution in [0.3, 0.4) is 0 Å². The second kappa shape index (κ2) is 14.9. The number of guanidine groups is 1. The summed E-state index contributed by atoms with van der Waals surface area (Å²) in [7, 11) is 1.55. The van der Waals surface area contributed by atoms with Gasteiger partial charge in [-0.25, -0.2) is 4.99 Å². The summed E-state index contributed by atoms with van der Waals surface area (Å²) >= 11 is 0. The number of carbonyl (C=O) groups excluding carboxylic acids is 1. The van der Waals surface area contributed by atoms with Gasteiger partial charge in [0, 0.05) is 19.0 Å². The summed E-state index contributed by atoms with van der Waals surface area (Å²) in [6.45, 7) is 1.19. The van der Waals surface area contributed by atoms with E-state index in [9.17, 15) is 30.3 Å². The Morgan fingerprint density at radius 3 is 2.50 bits per heavy atom. The van der Waals surface area contributed by atoms with Gasteiger partial charge in [0.15, 0.2) is 17.9 Å². The lowest BCUT2D eigenvalue weighted by Crippen LogP contribution is -2.69. The second-order valence-electron chi connectivity index (χ2n) is 12.7. The van der Waals surface area contributed by atoms with Crippen LogP contribution in [0, 0.1) is 0 Å². The van der Waals surface area contributed by atoms with Gasteiger partial charge >= 0.3 is 0 Å². The number of likely N-dealkylation sites (N-methyl/N-ethyl adjacent to an activating group) is 1. The highest BCUT2D eigenvalue weighted by atomic mass is 16.7. The summed E-state index contributed by atoms with van der Waals surface area (Å²) in [5.41, 5.74) is 20.2. The van der Waals surface area contributed by atoms with Crippen LogP contribution in [0.2, 0.25) is 0 Å². The Morgan fingerprint density at radius 1 is 1.15 bits per heavy atom. The van der Waals surface area contributed by atoms with Gasteiger partial charge in [-0.05, 0) is 32.9 Å². The first-order chi connectivity index (χ1) is 21.6. The molecule has 2 aliphatic carbocycles. The molecule has 2 aliphatic heterocycles. The first kappa shape index (κ1) is 36.6. The minimum absolute atomic E-state index is 0.0115. The SMILES string of the molecule is CN[C@@H]1[C@@H](O)[C@@H](O[C@@H]2[C@@H](O)[C@H](O[C@H]3OC(CNCC(O)CO)=CC[C@H]3N)[C@@H](N)C[C@H]2NC(=O)C2(O)CC2N=C(N)N)OC[C@]1(C)O. The number of aliphatic hydroxyl groups excluding tert-OH is 4. The van der Waals surface area contributed by atoms with Crippen molar-refractivity contribution in [1.29, 1.82) is 0 Å². The van der Waals surface area contributed by atoms with Crippen molar-refractivity contribution in [3.05, 3.63) is 11.8 Å². The molecule has 4 rings (SSSR count). The van der Waals surface area contributed by atoms with Crippen molar-refractivity contribution in [2.45, 2.75) is 111 Å². The smallest absolute Gasteiger partial charge is 0.254 e. The van der Waals surface area contributed by atoms with Crippen molar-refractivity contribution in [2.24, 2.45) is 27.9 Å².